The predicted octanol–water partition coefficient (Wildman–Crippen LogP) is 1.12. The number of hydrogen-bond donors (Lipinski definition) is 2. The van der Waals surface area contributed by atoms with Crippen LogP contribution >= 0.6 is 0 Å². The molecule has 1 aliphatic rings. The third-order valence-electron chi connectivity index (χ3n) is 4.11. The molecule has 0 radical (unpaired) electrons. The van der Waals surface area contributed by atoms with Crippen molar-refractivity contribution in [3.8, 4) is 0 Å². The van der Waals surface area contributed by atoms with E-state index in [1.165, 1.54) is 17.0 Å². The molecule has 1 aliphatic heterocycles. The van der Waals surface area contributed by atoms with Crippen molar-refractivity contribution in [2.75, 3.05) is 18.9 Å². The first-order chi connectivity index (χ1) is 12.3. The van der Waals surface area contributed by atoms with Crippen molar-refractivity contribution >= 4 is 27.5 Å². The average molecular weight is 373 g/mol. The molecule has 26 heavy (non-hydrogen) atoms. The van der Waals surface area contributed by atoms with E-state index in [2.05, 4.69) is 10.0 Å². The Kier molecular flexibility index (Phi) is 5.06. The minimum Gasteiger partial charge on any atom is -0.340 e. The Morgan fingerprint density at radius 1 is 1.19 bits per heavy atom. The maximum absolute atomic E-state index is 12.4. The summed E-state index contributed by atoms with van der Waals surface area (Å²) < 4.78 is 27.1. The van der Waals surface area contributed by atoms with Gasteiger partial charge < -0.3 is 10.2 Å². The molecule has 0 spiro atoms. The molecule has 0 saturated heterocycles. The molecule has 2 N–H and O–H groups in total. The number of benzene rings is 2. The van der Waals surface area contributed by atoms with Gasteiger partial charge in [0.2, 0.25) is 21.8 Å². The minimum atomic E-state index is -3.84. The number of amides is 2. The summed E-state index contributed by atoms with van der Waals surface area (Å²) in [5.74, 6) is -0.504. The lowest BCUT2D eigenvalue weighted by atomic mass is 10.2. The fraction of sp³-hybridized carbons (Fsp3) is 0.222. The maximum Gasteiger partial charge on any atom is 0.241 e. The Hall–Kier alpha value is -2.71. The van der Waals surface area contributed by atoms with Gasteiger partial charge in [-0.05, 0) is 29.3 Å². The summed E-state index contributed by atoms with van der Waals surface area (Å²) in [6, 6.07) is 13.9. The zero-order chi connectivity index (χ0) is 18.7. The van der Waals surface area contributed by atoms with Crippen LogP contribution in [-0.4, -0.2) is 38.7 Å². The first-order valence-electron chi connectivity index (χ1n) is 8.05. The maximum atomic E-state index is 12.4. The Labute approximate surface area is 152 Å². The molecule has 7 nitrogen and oxygen atoms in total. The Bertz CT molecular complexity index is 942. The highest BCUT2D eigenvalue weighted by Crippen LogP contribution is 2.25. The normalized spacial score (nSPS) is 13.2. The van der Waals surface area contributed by atoms with E-state index in [4.69, 9.17) is 0 Å². The van der Waals surface area contributed by atoms with Crippen LogP contribution in [-0.2, 0) is 32.6 Å². The van der Waals surface area contributed by atoms with Crippen molar-refractivity contribution in [1.29, 1.82) is 0 Å². The Balaban J connectivity index is 1.62. The monoisotopic (exact) mass is 373 g/mol. The summed E-state index contributed by atoms with van der Waals surface area (Å²) >= 11 is 0. The number of nitrogens with one attached hydrogen (secondary N) is 2. The van der Waals surface area contributed by atoms with Gasteiger partial charge in [0.25, 0.3) is 0 Å². The Morgan fingerprint density at radius 3 is 2.65 bits per heavy atom. The summed E-state index contributed by atoms with van der Waals surface area (Å²) in [5, 5.41) is 2.65. The average Bonchev–Trinajstić information content (AvgIpc) is 2.99. The van der Waals surface area contributed by atoms with E-state index in [-0.39, 0.29) is 29.7 Å². The van der Waals surface area contributed by atoms with Gasteiger partial charge in [0.15, 0.2) is 0 Å². The first kappa shape index (κ1) is 18.1. The molecule has 2 aromatic rings. The molecule has 0 fully saturated rings. The Morgan fingerprint density at radius 2 is 1.92 bits per heavy atom. The second-order valence-electron chi connectivity index (χ2n) is 6.10. The van der Waals surface area contributed by atoms with Gasteiger partial charge in [-0.1, -0.05) is 30.3 Å². The fourth-order valence-electron chi connectivity index (χ4n) is 2.69. The number of rotatable bonds is 6. The first-order valence-corrected chi connectivity index (χ1v) is 9.54. The van der Waals surface area contributed by atoms with Crippen molar-refractivity contribution in [3.63, 3.8) is 0 Å². The number of anilines is 1. The molecule has 0 atom stereocenters. The molecule has 3 rings (SSSR count). The highest BCUT2D eigenvalue weighted by molar-refractivity contribution is 7.89. The topological polar surface area (TPSA) is 95.6 Å². The number of carbonyl (C=O) groups excluding carboxylic acids is 2. The van der Waals surface area contributed by atoms with Crippen LogP contribution in [0.1, 0.15) is 11.1 Å². The zero-order valence-corrected chi connectivity index (χ0v) is 15.0. The second-order valence-corrected chi connectivity index (χ2v) is 7.87. The van der Waals surface area contributed by atoms with Gasteiger partial charge in [0.1, 0.15) is 0 Å². The van der Waals surface area contributed by atoms with Crippen LogP contribution in [0.3, 0.4) is 0 Å². The smallest absolute Gasteiger partial charge is 0.241 e. The summed E-state index contributed by atoms with van der Waals surface area (Å²) in [4.78, 5) is 25.1. The van der Waals surface area contributed by atoms with Crippen LogP contribution in [0.5, 0.6) is 0 Å². The van der Waals surface area contributed by atoms with Crippen LogP contribution in [0, 0.1) is 0 Å². The highest BCUT2D eigenvalue weighted by atomic mass is 32.2. The molecule has 8 heteroatoms. The van der Waals surface area contributed by atoms with Gasteiger partial charge in [-0.25, -0.2) is 13.1 Å². The molecule has 0 bridgehead atoms. The van der Waals surface area contributed by atoms with Gasteiger partial charge in [-0.2, -0.15) is 0 Å². The number of sulfonamides is 1. The molecule has 2 amide bonds. The largest absolute Gasteiger partial charge is 0.340 e. The molecular formula is C18H19N3O4S. The number of fused-ring (bicyclic) bond motifs is 1. The lowest BCUT2D eigenvalue weighted by molar-refractivity contribution is -0.129. The summed E-state index contributed by atoms with van der Waals surface area (Å²) in [6.45, 7) is 0.0635. The van der Waals surface area contributed by atoms with Crippen LogP contribution in [0.15, 0.2) is 53.4 Å². The van der Waals surface area contributed by atoms with Crippen molar-refractivity contribution in [1.82, 2.24) is 9.62 Å². The van der Waals surface area contributed by atoms with E-state index in [9.17, 15) is 18.0 Å². The fourth-order valence-corrected chi connectivity index (χ4v) is 3.72. The van der Waals surface area contributed by atoms with Crippen LogP contribution in [0.2, 0.25) is 0 Å². The number of likely N-dealkylation sites (N-methyl/N-ethyl adjacent to an activating group) is 1. The molecule has 0 saturated carbocycles. The number of hydrogen-bond acceptors (Lipinski definition) is 4. The summed E-state index contributed by atoms with van der Waals surface area (Å²) in [6.07, 6.45) is 0.150. The molecule has 1 heterocycles. The van der Waals surface area contributed by atoms with E-state index in [1.54, 1.807) is 13.1 Å². The van der Waals surface area contributed by atoms with E-state index >= 15 is 0 Å². The van der Waals surface area contributed by atoms with Gasteiger partial charge in [0.05, 0.1) is 17.9 Å². The van der Waals surface area contributed by atoms with Gasteiger partial charge in [0, 0.05) is 19.3 Å². The lowest BCUT2D eigenvalue weighted by Gasteiger charge is -2.17. The van der Waals surface area contributed by atoms with E-state index in [0.29, 0.717) is 17.8 Å². The lowest BCUT2D eigenvalue weighted by Crippen LogP contribution is -2.37. The van der Waals surface area contributed by atoms with Crippen molar-refractivity contribution in [2.45, 2.75) is 17.9 Å². The molecule has 0 unspecified atom stereocenters. The van der Waals surface area contributed by atoms with Gasteiger partial charge in [-0.15, -0.1) is 0 Å². The molecule has 136 valence electrons. The summed E-state index contributed by atoms with van der Waals surface area (Å²) in [5.41, 5.74) is 2.21. The third-order valence-corrected chi connectivity index (χ3v) is 5.51. The third kappa shape index (κ3) is 4.09. The zero-order valence-electron chi connectivity index (χ0n) is 14.2. The molecule has 2 aromatic carbocycles. The van der Waals surface area contributed by atoms with Crippen molar-refractivity contribution in [2.24, 2.45) is 0 Å². The highest BCUT2D eigenvalue weighted by Gasteiger charge is 2.22. The van der Waals surface area contributed by atoms with Gasteiger partial charge in [-0.3, -0.25) is 9.59 Å². The van der Waals surface area contributed by atoms with Crippen LogP contribution < -0.4 is 10.0 Å². The second kappa shape index (κ2) is 7.27. The molecule has 0 aromatic heterocycles. The SMILES string of the molecule is CN(Cc1ccccc1)C(=O)CNS(=O)(=O)c1ccc2c(c1)CC(=O)N2. The van der Waals surface area contributed by atoms with E-state index < -0.39 is 10.0 Å². The molecular weight excluding hydrogens is 354 g/mol. The van der Waals surface area contributed by atoms with Crippen molar-refractivity contribution < 1.29 is 18.0 Å². The summed E-state index contributed by atoms with van der Waals surface area (Å²) in [7, 11) is -2.22. The van der Waals surface area contributed by atoms with Crippen LogP contribution in [0.4, 0.5) is 5.69 Å². The predicted molar refractivity (Wildman–Crippen MR) is 96.9 cm³/mol. The van der Waals surface area contributed by atoms with E-state index in [1.807, 2.05) is 30.3 Å². The van der Waals surface area contributed by atoms with Crippen LogP contribution in [0.25, 0.3) is 0 Å². The van der Waals surface area contributed by atoms with Crippen molar-refractivity contribution in [3.05, 3.63) is 59.7 Å². The number of carbonyl (C=O) groups is 2. The van der Waals surface area contributed by atoms with E-state index in [0.717, 1.165) is 5.56 Å². The van der Waals surface area contributed by atoms with Gasteiger partial charge >= 0.3 is 0 Å². The minimum absolute atomic E-state index is 0.0336. The number of nitrogens with zero attached hydrogens (tertiary/aromatic N) is 1. The molecule has 0 aliphatic carbocycles. The standard InChI is InChI=1S/C18H19N3O4S/c1-21(12-13-5-3-2-4-6-13)18(23)11-19-26(24,25)15-7-8-16-14(9-15)10-17(22)20-16/h2-9,19H,10-12H2,1H3,(H,20,22). The quantitative estimate of drug-likeness (QED) is 0.793.